The van der Waals surface area contributed by atoms with Crippen LogP contribution in [-0.2, 0) is 0 Å². The molecule has 1 amide bonds. The summed E-state index contributed by atoms with van der Waals surface area (Å²) in [6.45, 7) is 6.10. The van der Waals surface area contributed by atoms with Gasteiger partial charge in [0.1, 0.15) is 5.82 Å². The summed E-state index contributed by atoms with van der Waals surface area (Å²) in [5, 5.41) is 2.88. The van der Waals surface area contributed by atoms with Gasteiger partial charge in [0.15, 0.2) is 0 Å². The molecule has 1 rings (SSSR count). The molecule has 0 bridgehead atoms. The monoisotopic (exact) mass is 264 g/mol. The number of hydrogen-bond acceptors (Lipinski definition) is 4. The molecule has 0 aliphatic heterocycles. The highest BCUT2D eigenvalue weighted by Crippen LogP contribution is 2.01. The number of hydrogen-bond donors (Lipinski definition) is 2. The van der Waals surface area contributed by atoms with Crippen LogP contribution in [0.4, 0.5) is 5.82 Å². The van der Waals surface area contributed by atoms with Crippen LogP contribution in [0.1, 0.15) is 37.0 Å². The van der Waals surface area contributed by atoms with E-state index in [1.165, 1.54) is 6.20 Å². The van der Waals surface area contributed by atoms with E-state index in [-0.39, 0.29) is 5.91 Å². The number of anilines is 1. The molecule has 0 atom stereocenters. The molecular weight excluding hydrogens is 240 g/mol. The summed E-state index contributed by atoms with van der Waals surface area (Å²) in [5.41, 5.74) is 6.02. The standard InChI is InChI=1S/C14H24N4O/c1-11(2)18(3)9-5-4-8-16-14(19)12-6-7-13(15)17-10-12/h6-7,10-11H,4-5,8-9H2,1-3H3,(H2,15,17)(H,16,19). The largest absolute Gasteiger partial charge is 0.384 e. The number of nitrogens with two attached hydrogens (primary N) is 1. The molecule has 0 saturated heterocycles. The number of nitrogens with one attached hydrogen (secondary N) is 1. The molecule has 19 heavy (non-hydrogen) atoms. The Morgan fingerprint density at radius 3 is 2.74 bits per heavy atom. The van der Waals surface area contributed by atoms with Crippen LogP contribution < -0.4 is 11.1 Å². The van der Waals surface area contributed by atoms with E-state index in [4.69, 9.17) is 5.73 Å². The molecule has 1 heterocycles. The van der Waals surface area contributed by atoms with Gasteiger partial charge < -0.3 is 16.0 Å². The smallest absolute Gasteiger partial charge is 0.252 e. The van der Waals surface area contributed by atoms with E-state index in [1.807, 2.05) is 0 Å². The van der Waals surface area contributed by atoms with E-state index >= 15 is 0 Å². The normalized spacial score (nSPS) is 11.0. The van der Waals surface area contributed by atoms with Crippen molar-refractivity contribution in [2.45, 2.75) is 32.7 Å². The molecule has 5 heteroatoms. The first-order valence-corrected chi connectivity index (χ1v) is 6.70. The molecule has 5 nitrogen and oxygen atoms in total. The summed E-state index contributed by atoms with van der Waals surface area (Å²) in [7, 11) is 2.11. The number of rotatable bonds is 7. The van der Waals surface area contributed by atoms with Crippen molar-refractivity contribution in [2.24, 2.45) is 0 Å². The van der Waals surface area contributed by atoms with E-state index in [9.17, 15) is 4.79 Å². The zero-order valence-electron chi connectivity index (χ0n) is 12.0. The van der Waals surface area contributed by atoms with Crippen molar-refractivity contribution in [1.82, 2.24) is 15.2 Å². The van der Waals surface area contributed by atoms with Crippen molar-refractivity contribution in [1.29, 1.82) is 0 Å². The molecule has 0 radical (unpaired) electrons. The topological polar surface area (TPSA) is 71.2 Å². The van der Waals surface area contributed by atoms with E-state index < -0.39 is 0 Å². The third kappa shape index (κ3) is 5.70. The Bertz CT molecular complexity index is 389. The molecule has 106 valence electrons. The molecule has 0 aliphatic rings. The van der Waals surface area contributed by atoms with Crippen LogP contribution >= 0.6 is 0 Å². The third-order valence-electron chi connectivity index (χ3n) is 3.15. The first-order valence-electron chi connectivity index (χ1n) is 6.70. The van der Waals surface area contributed by atoms with Gasteiger partial charge in [-0.25, -0.2) is 4.98 Å². The molecule has 3 N–H and O–H groups in total. The lowest BCUT2D eigenvalue weighted by Gasteiger charge is -2.20. The predicted octanol–water partition coefficient (Wildman–Crippen LogP) is 1.51. The van der Waals surface area contributed by atoms with E-state index in [2.05, 4.69) is 36.1 Å². The predicted molar refractivity (Wildman–Crippen MR) is 78.0 cm³/mol. The zero-order valence-corrected chi connectivity index (χ0v) is 12.0. The summed E-state index contributed by atoms with van der Waals surface area (Å²) >= 11 is 0. The zero-order chi connectivity index (χ0) is 14.3. The lowest BCUT2D eigenvalue weighted by molar-refractivity contribution is 0.0952. The van der Waals surface area contributed by atoms with Crippen LogP contribution in [0.25, 0.3) is 0 Å². The summed E-state index contributed by atoms with van der Waals surface area (Å²) < 4.78 is 0. The second kappa shape index (κ2) is 7.74. The third-order valence-corrected chi connectivity index (χ3v) is 3.15. The van der Waals surface area contributed by atoms with E-state index in [0.29, 0.717) is 24.0 Å². The second-order valence-electron chi connectivity index (χ2n) is 5.01. The van der Waals surface area contributed by atoms with Crippen LogP contribution in [0.15, 0.2) is 18.3 Å². The highest BCUT2D eigenvalue weighted by Gasteiger charge is 2.05. The summed E-state index contributed by atoms with van der Waals surface area (Å²) in [6, 6.07) is 3.88. The maximum Gasteiger partial charge on any atom is 0.252 e. The molecule has 0 aliphatic carbocycles. The fraction of sp³-hybridized carbons (Fsp3) is 0.571. The Morgan fingerprint density at radius 2 is 2.16 bits per heavy atom. The lowest BCUT2D eigenvalue weighted by Crippen LogP contribution is -2.29. The first kappa shape index (κ1) is 15.4. The average Bonchev–Trinajstić information content (AvgIpc) is 2.38. The molecule has 1 aromatic heterocycles. The van der Waals surface area contributed by atoms with Gasteiger partial charge in [-0.05, 0) is 52.4 Å². The minimum atomic E-state index is -0.0929. The Hall–Kier alpha value is -1.62. The Balaban J connectivity index is 2.19. The minimum Gasteiger partial charge on any atom is -0.384 e. The molecule has 0 spiro atoms. The van der Waals surface area contributed by atoms with Gasteiger partial charge >= 0.3 is 0 Å². The number of pyridine rings is 1. The average molecular weight is 264 g/mol. The molecule has 1 aromatic rings. The fourth-order valence-electron chi connectivity index (χ4n) is 1.59. The number of aromatic nitrogens is 1. The van der Waals surface area contributed by atoms with Crippen molar-refractivity contribution >= 4 is 11.7 Å². The Kier molecular flexibility index (Phi) is 6.29. The van der Waals surface area contributed by atoms with Gasteiger partial charge in [0.25, 0.3) is 5.91 Å². The van der Waals surface area contributed by atoms with Crippen molar-refractivity contribution < 1.29 is 4.79 Å². The number of nitrogen functional groups attached to an aromatic ring is 1. The number of carbonyl (C=O) groups excluding carboxylic acids is 1. The summed E-state index contributed by atoms with van der Waals surface area (Å²) in [4.78, 5) is 18.0. The van der Waals surface area contributed by atoms with Crippen LogP contribution in [0.2, 0.25) is 0 Å². The van der Waals surface area contributed by atoms with Crippen LogP contribution in [0.5, 0.6) is 0 Å². The van der Waals surface area contributed by atoms with Crippen molar-refractivity contribution in [2.75, 3.05) is 25.9 Å². The lowest BCUT2D eigenvalue weighted by atomic mass is 10.2. The first-order chi connectivity index (χ1) is 9.00. The minimum absolute atomic E-state index is 0.0929. The Morgan fingerprint density at radius 1 is 1.42 bits per heavy atom. The van der Waals surface area contributed by atoms with Gasteiger partial charge in [0.05, 0.1) is 5.56 Å². The highest BCUT2D eigenvalue weighted by molar-refractivity contribution is 5.93. The summed E-state index contributed by atoms with van der Waals surface area (Å²) in [6.07, 6.45) is 3.55. The summed E-state index contributed by atoms with van der Waals surface area (Å²) in [5.74, 6) is 0.331. The Labute approximate surface area is 115 Å². The van der Waals surface area contributed by atoms with Crippen LogP contribution in [0.3, 0.4) is 0 Å². The molecular formula is C14H24N4O. The SMILES string of the molecule is CC(C)N(C)CCCCNC(=O)c1ccc(N)nc1. The second-order valence-corrected chi connectivity index (χ2v) is 5.01. The number of carbonyl (C=O) groups is 1. The van der Waals surface area contributed by atoms with E-state index in [0.717, 1.165) is 19.4 Å². The number of nitrogens with zero attached hydrogens (tertiary/aromatic N) is 2. The molecule has 0 saturated carbocycles. The van der Waals surface area contributed by atoms with Gasteiger partial charge in [-0.1, -0.05) is 0 Å². The highest BCUT2D eigenvalue weighted by atomic mass is 16.1. The fourth-order valence-corrected chi connectivity index (χ4v) is 1.59. The van der Waals surface area contributed by atoms with Gasteiger partial charge in [-0.2, -0.15) is 0 Å². The maximum absolute atomic E-state index is 11.8. The van der Waals surface area contributed by atoms with Crippen LogP contribution in [-0.4, -0.2) is 42.0 Å². The number of unbranched alkanes of at least 4 members (excludes halogenated alkanes) is 1. The van der Waals surface area contributed by atoms with Gasteiger partial charge in [0, 0.05) is 18.8 Å². The van der Waals surface area contributed by atoms with E-state index in [1.54, 1.807) is 12.1 Å². The molecule has 0 fully saturated rings. The quantitative estimate of drug-likeness (QED) is 0.732. The number of amides is 1. The van der Waals surface area contributed by atoms with Gasteiger partial charge in [-0.15, -0.1) is 0 Å². The van der Waals surface area contributed by atoms with Crippen molar-refractivity contribution in [3.05, 3.63) is 23.9 Å². The molecule has 0 unspecified atom stereocenters. The van der Waals surface area contributed by atoms with Crippen molar-refractivity contribution in [3.63, 3.8) is 0 Å². The van der Waals surface area contributed by atoms with Crippen molar-refractivity contribution in [3.8, 4) is 0 Å². The molecule has 0 aromatic carbocycles. The van der Waals surface area contributed by atoms with Crippen LogP contribution in [0, 0.1) is 0 Å². The maximum atomic E-state index is 11.8. The van der Waals surface area contributed by atoms with Gasteiger partial charge in [-0.3, -0.25) is 4.79 Å². The van der Waals surface area contributed by atoms with Gasteiger partial charge in [0.2, 0.25) is 0 Å².